The predicted octanol–water partition coefficient (Wildman–Crippen LogP) is 1.64. The molecule has 10 heteroatoms. The van der Waals surface area contributed by atoms with Crippen LogP contribution >= 0.6 is 0 Å². The zero-order valence-corrected chi connectivity index (χ0v) is 20.3. The van der Waals surface area contributed by atoms with Crippen molar-refractivity contribution in [3.8, 4) is 0 Å². The van der Waals surface area contributed by atoms with E-state index in [9.17, 15) is 9.59 Å². The molecule has 4 aliphatic heterocycles. The highest BCUT2D eigenvalue weighted by atomic mass is 19.1. The molecule has 4 aliphatic rings. The van der Waals surface area contributed by atoms with Gasteiger partial charge in [0.15, 0.2) is 0 Å². The molecule has 0 radical (unpaired) electrons. The zero-order chi connectivity index (χ0) is 24.3. The summed E-state index contributed by atoms with van der Waals surface area (Å²) in [5.41, 5.74) is 1.70. The maximum Gasteiger partial charge on any atom is 0.257 e. The maximum absolute atomic E-state index is 15.7. The lowest BCUT2D eigenvalue weighted by atomic mass is 9.73. The van der Waals surface area contributed by atoms with E-state index in [0.29, 0.717) is 69.4 Å². The van der Waals surface area contributed by atoms with E-state index in [-0.39, 0.29) is 17.3 Å². The van der Waals surface area contributed by atoms with E-state index in [1.54, 1.807) is 18.0 Å². The number of piperidine rings is 1. The van der Waals surface area contributed by atoms with Crippen molar-refractivity contribution in [1.82, 2.24) is 9.97 Å². The van der Waals surface area contributed by atoms with Gasteiger partial charge in [-0.05, 0) is 37.8 Å². The van der Waals surface area contributed by atoms with E-state index in [1.165, 1.54) is 0 Å². The van der Waals surface area contributed by atoms with Gasteiger partial charge in [-0.25, -0.2) is 4.39 Å². The monoisotopic (exact) mass is 482 g/mol. The van der Waals surface area contributed by atoms with Crippen LogP contribution in [0.5, 0.6) is 0 Å². The third-order valence-electron chi connectivity index (χ3n) is 8.16. The second kappa shape index (κ2) is 8.22. The molecule has 0 unspecified atom stereocenters. The number of amides is 1. The van der Waals surface area contributed by atoms with Crippen LogP contribution in [0.3, 0.4) is 0 Å². The topological polar surface area (TPSA) is 85.0 Å². The highest BCUT2D eigenvalue weighted by molar-refractivity contribution is 6.08. The van der Waals surface area contributed by atoms with E-state index < -0.39 is 5.41 Å². The summed E-state index contributed by atoms with van der Waals surface area (Å²) < 4.78 is 21.1. The Balaban J connectivity index is 1.30. The Morgan fingerprint density at radius 3 is 2.51 bits per heavy atom. The molecule has 9 nitrogen and oxygen atoms in total. The number of aromatic amines is 1. The number of rotatable bonds is 2. The molecule has 1 amide bonds. The van der Waals surface area contributed by atoms with Gasteiger partial charge in [0.2, 0.25) is 11.9 Å². The van der Waals surface area contributed by atoms with E-state index >= 15 is 4.39 Å². The predicted molar refractivity (Wildman–Crippen MR) is 132 cm³/mol. The lowest BCUT2D eigenvalue weighted by molar-refractivity contribution is -0.123. The molecule has 0 saturated carbocycles. The Hall–Kier alpha value is -3.14. The van der Waals surface area contributed by atoms with Crippen molar-refractivity contribution in [3.63, 3.8) is 0 Å². The van der Waals surface area contributed by atoms with Crippen molar-refractivity contribution in [1.29, 1.82) is 0 Å². The molecule has 2 aromatic rings. The SMILES string of the molecule is CN1CCCc2c1nc(N1CCC3(CC1)C(=O)N(C)c1cc(N4CCOCC4)cc(F)c13)[nH]c2=O. The fourth-order valence-electron chi connectivity index (χ4n) is 6.19. The Kier molecular flexibility index (Phi) is 5.24. The highest BCUT2D eigenvalue weighted by Gasteiger charge is 2.53. The maximum atomic E-state index is 15.7. The van der Waals surface area contributed by atoms with E-state index in [4.69, 9.17) is 9.72 Å². The summed E-state index contributed by atoms with van der Waals surface area (Å²) in [7, 11) is 3.69. The van der Waals surface area contributed by atoms with Crippen molar-refractivity contribution in [3.05, 3.63) is 39.4 Å². The smallest absolute Gasteiger partial charge is 0.257 e. The number of halogens is 1. The standard InChI is InChI=1S/C25H31FN6O3/c1-29-7-3-4-17-21(29)27-24(28-22(17)33)32-8-5-25(6-9-32)20-18(26)14-16(31-10-12-35-13-11-31)15-19(20)30(2)23(25)34/h14-15H,3-13H2,1-2H3,(H,27,28,33). The second-order valence-corrected chi connectivity index (χ2v) is 10.1. The van der Waals surface area contributed by atoms with Gasteiger partial charge in [0.25, 0.3) is 5.56 Å². The van der Waals surface area contributed by atoms with Crippen molar-refractivity contribution in [2.45, 2.75) is 31.1 Å². The minimum atomic E-state index is -0.889. The number of H-pyrrole nitrogens is 1. The zero-order valence-electron chi connectivity index (χ0n) is 20.3. The minimum Gasteiger partial charge on any atom is -0.378 e. The number of ether oxygens (including phenoxy) is 1. The number of benzene rings is 1. The summed E-state index contributed by atoms with van der Waals surface area (Å²) in [5, 5.41) is 0. The highest BCUT2D eigenvalue weighted by Crippen LogP contribution is 2.50. The van der Waals surface area contributed by atoms with E-state index in [1.807, 2.05) is 22.9 Å². The summed E-state index contributed by atoms with van der Waals surface area (Å²) in [5.74, 6) is 0.882. The van der Waals surface area contributed by atoms with Crippen LogP contribution < -0.4 is 25.2 Å². The number of carbonyl (C=O) groups excluding carboxylic acids is 1. The van der Waals surface area contributed by atoms with Crippen LogP contribution in [0.1, 0.15) is 30.4 Å². The number of likely N-dealkylation sites (N-methyl/N-ethyl adjacent to an activating group) is 1. The number of anilines is 4. The first-order valence-corrected chi connectivity index (χ1v) is 12.4. The number of aromatic nitrogens is 2. The van der Waals surface area contributed by atoms with Gasteiger partial charge in [-0.15, -0.1) is 0 Å². The first-order valence-electron chi connectivity index (χ1n) is 12.4. The van der Waals surface area contributed by atoms with Crippen LogP contribution in [0.2, 0.25) is 0 Å². The van der Waals surface area contributed by atoms with Crippen LogP contribution in [0.25, 0.3) is 0 Å². The number of fused-ring (bicyclic) bond motifs is 3. The third kappa shape index (κ3) is 3.41. The molecule has 0 bridgehead atoms. The summed E-state index contributed by atoms with van der Waals surface area (Å²) >= 11 is 0. The van der Waals surface area contributed by atoms with Gasteiger partial charge >= 0.3 is 0 Å². The molecule has 0 aliphatic carbocycles. The molecule has 35 heavy (non-hydrogen) atoms. The van der Waals surface area contributed by atoms with E-state index in [2.05, 4.69) is 9.88 Å². The summed E-state index contributed by atoms with van der Waals surface area (Å²) in [6.07, 6.45) is 2.60. The fourth-order valence-corrected chi connectivity index (χ4v) is 6.19. The third-order valence-corrected chi connectivity index (χ3v) is 8.16. The molecule has 6 rings (SSSR count). The van der Waals surface area contributed by atoms with Crippen LogP contribution in [-0.4, -0.2) is 75.9 Å². The van der Waals surface area contributed by atoms with E-state index in [0.717, 1.165) is 36.5 Å². The van der Waals surface area contributed by atoms with Crippen molar-refractivity contribution in [2.24, 2.45) is 0 Å². The first kappa shape index (κ1) is 22.3. The lowest BCUT2D eigenvalue weighted by Gasteiger charge is -2.39. The Morgan fingerprint density at radius 1 is 1.03 bits per heavy atom. The molecule has 186 valence electrons. The largest absolute Gasteiger partial charge is 0.378 e. The van der Waals surface area contributed by atoms with Crippen LogP contribution in [0, 0.1) is 5.82 Å². The second-order valence-electron chi connectivity index (χ2n) is 10.1. The molecule has 5 heterocycles. The number of hydrogen-bond donors (Lipinski definition) is 1. The number of nitrogens with zero attached hydrogens (tertiary/aromatic N) is 5. The first-order chi connectivity index (χ1) is 16.9. The van der Waals surface area contributed by atoms with Gasteiger partial charge in [-0.1, -0.05) is 0 Å². The molecular formula is C25H31FN6O3. The summed E-state index contributed by atoms with van der Waals surface area (Å²) in [6.45, 7) is 4.53. The molecule has 0 atom stereocenters. The Bertz CT molecular complexity index is 1230. The number of carbonyl (C=O) groups is 1. The van der Waals surface area contributed by atoms with Crippen molar-refractivity contribution >= 4 is 29.0 Å². The molecule has 1 spiro atoms. The van der Waals surface area contributed by atoms with Gasteiger partial charge < -0.3 is 24.3 Å². The molecule has 1 aromatic heterocycles. The van der Waals surface area contributed by atoms with Crippen molar-refractivity contribution < 1.29 is 13.9 Å². The average Bonchev–Trinajstić information content (AvgIpc) is 3.08. The molecule has 2 fully saturated rings. The lowest BCUT2D eigenvalue weighted by Crippen LogP contribution is -2.49. The van der Waals surface area contributed by atoms with Crippen LogP contribution in [0.15, 0.2) is 16.9 Å². The molecular weight excluding hydrogens is 451 g/mol. The van der Waals surface area contributed by atoms with Gasteiger partial charge in [0.05, 0.1) is 29.9 Å². The number of hydrogen-bond acceptors (Lipinski definition) is 7. The number of morpholine rings is 1. The van der Waals surface area contributed by atoms with Crippen LogP contribution in [0.4, 0.5) is 27.5 Å². The normalized spacial score (nSPS) is 21.5. The summed E-state index contributed by atoms with van der Waals surface area (Å²) in [6, 6.07) is 3.52. The molecule has 2 saturated heterocycles. The Morgan fingerprint density at radius 2 is 1.77 bits per heavy atom. The summed E-state index contributed by atoms with van der Waals surface area (Å²) in [4.78, 5) is 41.7. The van der Waals surface area contributed by atoms with Gasteiger partial charge in [-0.2, -0.15) is 4.98 Å². The fraction of sp³-hybridized carbons (Fsp3) is 0.560. The van der Waals surface area contributed by atoms with Gasteiger partial charge in [0, 0.05) is 58.1 Å². The van der Waals surface area contributed by atoms with Gasteiger partial charge in [0.1, 0.15) is 11.6 Å². The minimum absolute atomic E-state index is 0.0585. The molecule has 1 aromatic carbocycles. The average molecular weight is 483 g/mol. The Labute approximate surface area is 203 Å². The van der Waals surface area contributed by atoms with Gasteiger partial charge in [-0.3, -0.25) is 14.6 Å². The van der Waals surface area contributed by atoms with Crippen molar-refractivity contribution in [2.75, 3.05) is 79.6 Å². The van der Waals surface area contributed by atoms with Crippen LogP contribution in [-0.2, 0) is 21.4 Å². The quantitative estimate of drug-likeness (QED) is 0.697. The number of nitrogens with one attached hydrogen (secondary N) is 1. The molecule has 1 N–H and O–H groups in total.